The van der Waals surface area contributed by atoms with Gasteiger partial charge in [0.2, 0.25) is 5.91 Å². The van der Waals surface area contributed by atoms with Crippen molar-refractivity contribution in [3.05, 3.63) is 48.3 Å². The number of para-hydroxylation sites is 1. The summed E-state index contributed by atoms with van der Waals surface area (Å²) in [6.07, 6.45) is 13.1. The third-order valence-corrected chi connectivity index (χ3v) is 4.88. The summed E-state index contributed by atoms with van der Waals surface area (Å²) in [5, 5.41) is 7.42. The number of carbonyl (C=O) groups is 1. The van der Waals surface area contributed by atoms with Crippen molar-refractivity contribution in [2.24, 2.45) is 5.92 Å². The Morgan fingerprint density at radius 2 is 2.00 bits per heavy atom. The SMILES string of the molecule is O=C(CCc1cnn(-c2ccccc2)c1)NCCCC1CCCC1. The van der Waals surface area contributed by atoms with Crippen molar-refractivity contribution in [3.63, 3.8) is 0 Å². The first-order chi connectivity index (χ1) is 11.8. The molecule has 0 saturated heterocycles. The van der Waals surface area contributed by atoms with Crippen molar-refractivity contribution in [1.82, 2.24) is 15.1 Å². The van der Waals surface area contributed by atoms with E-state index < -0.39 is 0 Å². The molecule has 3 rings (SSSR count). The maximum Gasteiger partial charge on any atom is 0.220 e. The van der Waals surface area contributed by atoms with Crippen molar-refractivity contribution in [2.75, 3.05) is 6.54 Å². The number of amides is 1. The number of carbonyl (C=O) groups excluding carboxylic acids is 1. The Morgan fingerprint density at radius 1 is 1.21 bits per heavy atom. The van der Waals surface area contributed by atoms with Gasteiger partial charge >= 0.3 is 0 Å². The Kier molecular flexibility index (Phi) is 6.05. The monoisotopic (exact) mass is 325 g/mol. The van der Waals surface area contributed by atoms with Crippen LogP contribution in [0.25, 0.3) is 5.69 Å². The van der Waals surface area contributed by atoms with Gasteiger partial charge in [-0.25, -0.2) is 4.68 Å². The lowest BCUT2D eigenvalue weighted by molar-refractivity contribution is -0.121. The van der Waals surface area contributed by atoms with E-state index in [0.717, 1.165) is 36.6 Å². The molecule has 0 aliphatic heterocycles. The fraction of sp³-hybridized carbons (Fsp3) is 0.500. The van der Waals surface area contributed by atoms with E-state index in [0.29, 0.717) is 6.42 Å². The van der Waals surface area contributed by atoms with Gasteiger partial charge in [-0.3, -0.25) is 4.79 Å². The van der Waals surface area contributed by atoms with E-state index in [9.17, 15) is 4.79 Å². The van der Waals surface area contributed by atoms with Crippen LogP contribution in [0.4, 0.5) is 0 Å². The first kappa shape index (κ1) is 16.7. The molecule has 1 N–H and O–H groups in total. The van der Waals surface area contributed by atoms with Crippen LogP contribution in [0.5, 0.6) is 0 Å². The lowest BCUT2D eigenvalue weighted by Gasteiger charge is -2.09. The van der Waals surface area contributed by atoms with Gasteiger partial charge in [0, 0.05) is 19.2 Å². The standard InChI is InChI=1S/C20H27N3O/c24-20(21-14-6-9-17-7-4-5-8-17)13-12-18-15-22-23(16-18)19-10-2-1-3-11-19/h1-3,10-11,15-17H,4-9,12-14H2,(H,21,24). The van der Waals surface area contributed by atoms with E-state index in [-0.39, 0.29) is 5.91 Å². The van der Waals surface area contributed by atoms with E-state index >= 15 is 0 Å². The average molecular weight is 325 g/mol. The molecule has 1 aliphatic rings. The first-order valence-corrected chi connectivity index (χ1v) is 9.17. The number of hydrogen-bond acceptors (Lipinski definition) is 2. The van der Waals surface area contributed by atoms with Gasteiger partial charge < -0.3 is 5.32 Å². The number of benzene rings is 1. The third kappa shape index (κ3) is 4.95. The number of hydrogen-bond donors (Lipinski definition) is 1. The Hall–Kier alpha value is -2.10. The van der Waals surface area contributed by atoms with Gasteiger partial charge in [0.25, 0.3) is 0 Å². The second-order valence-corrected chi connectivity index (χ2v) is 6.77. The molecule has 0 bridgehead atoms. The maximum absolute atomic E-state index is 12.0. The van der Waals surface area contributed by atoms with Gasteiger partial charge in [0.1, 0.15) is 0 Å². The molecule has 0 unspecified atom stereocenters. The minimum atomic E-state index is 0.147. The lowest BCUT2D eigenvalue weighted by atomic mass is 10.0. The molecule has 0 atom stereocenters. The fourth-order valence-corrected chi connectivity index (χ4v) is 3.47. The van der Waals surface area contributed by atoms with Gasteiger partial charge in [0.05, 0.1) is 11.9 Å². The Morgan fingerprint density at radius 3 is 2.79 bits per heavy atom. The topological polar surface area (TPSA) is 46.9 Å². The molecule has 4 heteroatoms. The zero-order valence-corrected chi connectivity index (χ0v) is 14.3. The molecular weight excluding hydrogens is 298 g/mol. The van der Waals surface area contributed by atoms with E-state index in [1.807, 2.05) is 47.4 Å². The molecule has 0 spiro atoms. The van der Waals surface area contributed by atoms with Crippen molar-refractivity contribution < 1.29 is 4.79 Å². The number of nitrogens with one attached hydrogen (secondary N) is 1. The minimum Gasteiger partial charge on any atom is -0.356 e. The summed E-state index contributed by atoms with van der Waals surface area (Å²) < 4.78 is 1.86. The summed E-state index contributed by atoms with van der Waals surface area (Å²) in [5.41, 5.74) is 2.14. The van der Waals surface area contributed by atoms with Gasteiger partial charge in [-0.2, -0.15) is 5.10 Å². The van der Waals surface area contributed by atoms with Gasteiger partial charge in [-0.1, -0.05) is 43.9 Å². The van der Waals surface area contributed by atoms with Crippen LogP contribution in [0.2, 0.25) is 0 Å². The van der Waals surface area contributed by atoms with E-state index in [2.05, 4.69) is 10.4 Å². The molecule has 1 heterocycles. The summed E-state index contributed by atoms with van der Waals surface area (Å²) in [6.45, 7) is 0.818. The summed E-state index contributed by atoms with van der Waals surface area (Å²) in [7, 11) is 0. The smallest absolute Gasteiger partial charge is 0.220 e. The molecule has 1 fully saturated rings. The van der Waals surface area contributed by atoms with Crippen molar-refractivity contribution >= 4 is 5.91 Å². The fourth-order valence-electron chi connectivity index (χ4n) is 3.47. The molecule has 1 aromatic carbocycles. The van der Waals surface area contributed by atoms with Crippen molar-refractivity contribution in [3.8, 4) is 5.69 Å². The molecule has 4 nitrogen and oxygen atoms in total. The zero-order chi connectivity index (χ0) is 16.6. The lowest BCUT2D eigenvalue weighted by Crippen LogP contribution is -2.24. The predicted octanol–water partition coefficient (Wildman–Crippen LogP) is 3.89. The minimum absolute atomic E-state index is 0.147. The highest BCUT2D eigenvalue weighted by Gasteiger charge is 2.14. The van der Waals surface area contributed by atoms with Gasteiger partial charge in [-0.05, 0) is 42.9 Å². The molecule has 1 saturated carbocycles. The number of nitrogens with zero attached hydrogens (tertiary/aromatic N) is 2. The highest BCUT2D eigenvalue weighted by molar-refractivity contribution is 5.76. The van der Waals surface area contributed by atoms with Crippen molar-refractivity contribution in [2.45, 2.75) is 51.4 Å². The Bertz CT molecular complexity index is 629. The molecule has 0 radical (unpaired) electrons. The average Bonchev–Trinajstić information content (AvgIpc) is 3.29. The van der Waals surface area contributed by atoms with Crippen LogP contribution < -0.4 is 5.32 Å². The normalized spacial score (nSPS) is 14.8. The highest BCUT2D eigenvalue weighted by Crippen LogP contribution is 2.28. The highest BCUT2D eigenvalue weighted by atomic mass is 16.1. The Labute approximate surface area is 144 Å². The molecule has 1 aliphatic carbocycles. The zero-order valence-electron chi connectivity index (χ0n) is 14.3. The quantitative estimate of drug-likeness (QED) is 0.748. The molecule has 128 valence electrons. The third-order valence-electron chi connectivity index (χ3n) is 4.88. The van der Waals surface area contributed by atoms with Crippen LogP contribution in [0.1, 0.15) is 50.5 Å². The van der Waals surface area contributed by atoms with E-state index in [4.69, 9.17) is 0 Å². The molecule has 2 aromatic rings. The number of aromatic nitrogens is 2. The first-order valence-electron chi connectivity index (χ1n) is 9.17. The largest absolute Gasteiger partial charge is 0.356 e. The van der Waals surface area contributed by atoms with Gasteiger partial charge in [-0.15, -0.1) is 0 Å². The second-order valence-electron chi connectivity index (χ2n) is 6.77. The number of aryl methyl sites for hydroxylation is 1. The number of rotatable bonds is 8. The van der Waals surface area contributed by atoms with E-state index in [1.54, 1.807) is 0 Å². The summed E-state index contributed by atoms with van der Waals surface area (Å²) >= 11 is 0. The molecule has 1 amide bonds. The summed E-state index contributed by atoms with van der Waals surface area (Å²) in [4.78, 5) is 12.0. The maximum atomic E-state index is 12.0. The van der Waals surface area contributed by atoms with Crippen LogP contribution in [0.3, 0.4) is 0 Å². The molecule has 24 heavy (non-hydrogen) atoms. The molecular formula is C20H27N3O. The second kappa shape index (κ2) is 8.67. The summed E-state index contributed by atoms with van der Waals surface area (Å²) in [6, 6.07) is 10.0. The van der Waals surface area contributed by atoms with Crippen LogP contribution in [-0.2, 0) is 11.2 Å². The van der Waals surface area contributed by atoms with Crippen LogP contribution >= 0.6 is 0 Å². The van der Waals surface area contributed by atoms with Crippen LogP contribution in [-0.4, -0.2) is 22.2 Å². The Balaban J connectivity index is 1.35. The van der Waals surface area contributed by atoms with Crippen LogP contribution in [0.15, 0.2) is 42.7 Å². The predicted molar refractivity (Wildman–Crippen MR) is 96.1 cm³/mol. The molecule has 1 aromatic heterocycles. The summed E-state index contributed by atoms with van der Waals surface area (Å²) in [5.74, 6) is 1.06. The van der Waals surface area contributed by atoms with Gasteiger partial charge in [0.15, 0.2) is 0 Å². The van der Waals surface area contributed by atoms with Crippen molar-refractivity contribution in [1.29, 1.82) is 0 Å². The van der Waals surface area contributed by atoms with Crippen LogP contribution in [0, 0.1) is 5.92 Å². The van der Waals surface area contributed by atoms with E-state index in [1.165, 1.54) is 32.1 Å².